The number of carbonyl (C=O) groups excluding carboxylic acids is 2. The fourth-order valence-electron chi connectivity index (χ4n) is 4.33. The summed E-state index contributed by atoms with van der Waals surface area (Å²) in [7, 11) is 3.76. The minimum atomic E-state index is -0.188. The molecule has 0 spiro atoms. The van der Waals surface area contributed by atoms with Crippen LogP contribution in [0.15, 0.2) is 30.3 Å². The molecule has 0 radical (unpaired) electrons. The van der Waals surface area contributed by atoms with Gasteiger partial charge < -0.3 is 19.7 Å². The third-order valence-electron chi connectivity index (χ3n) is 5.92. The van der Waals surface area contributed by atoms with Crippen LogP contribution in [0.3, 0.4) is 0 Å². The molecule has 33 heavy (non-hydrogen) atoms. The third kappa shape index (κ3) is 7.39. The molecule has 0 aliphatic carbocycles. The van der Waals surface area contributed by atoms with Crippen LogP contribution >= 0.6 is 0 Å². The highest BCUT2D eigenvalue weighted by Gasteiger charge is 2.27. The van der Waals surface area contributed by atoms with Gasteiger partial charge >= 0.3 is 0 Å². The zero-order valence-corrected chi connectivity index (χ0v) is 20.5. The Balaban J connectivity index is 1.61. The van der Waals surface area contributed by atoms with Gasteiger partial charge in [0, 0.05) is 32.5 Å². The van der Waals surface area contributed by atoms with E-state index in [-0.39, 0.29) is 17.9 Å². The Hall–Kier alpha value is -2.74. The Kier molecular flexibility index (Phi) is 9.00. The molecule has 180 valence electrons. The SMILES string of the molecule is CC(C)CC(NC(=O)CN(C)C)c1nnc2n1CCN(C(=O)CCCc1ccccc1)CC2. The van der Waals surface area contributed by atoms with E-state index in [2.05, 4.69) is 46.1 Å². The van der Waals surface area contributed by atoms with Crippen molar-refractivity contribution < 1.29 is 9.59 Å². The van der Waals surface area contributed by atoms with Crippen LogP contribution < -0.4 is 5.32 Å². The molecule has 0 saturated heterocycles. The number of likely N-dealkylation sites (N-methyl/N-ethyl adjacent to an activating group) is 1. The molecule has 0 bridgehead atoms. The molecule has 1 aromatic heterocycles. The minimum absolute atomic E-state index is 0.0214. The molecule has 1 aromatic carbocycles. The predicted octanol–water partition coefficient (Wildman–Crippen LogP) is 2.45. The molecule has 1 aliphatic heterocycles. The number of amides is 2. The van der Waals surface area contributed by atoms with Gasteiger partial charge in [0.15, 0.2) is 5.82 Å². The maximum atomic E-state index is 12.8. The quantitative estimate of drug-likeness (QED) is 0.596. The van der Waals surface area contributed by atoms with Crippen molar-refractivity contribution in [3.63, 3.8) is 0 Å². The highest BCUT2D eigenvalue weighted by atomic mass is 16.2. The largest absolute Gasteiger partial charge is 0.345 e. The first-order valence-electron chi connectivity index (χ1n) is 12.0. The normalized spacial score (nSPS) is 14.8. The summed E-state index contributed by atoms with van der Waals surface area (Å²) < 4.78 is 2.11. The zero-order valence-electron chi connectivity index (χ0n) is 20.5. The van der Waals surface area contributed by atoms with Gasteiger partial charge in [0.2, 0.25) is 11.8 Å². The maximum absolute atomic E-state index is 12.8. The molecule has 2 heterocycles. The summed E-state index contributed by atoms with van der Waals surface area (Å²) in [5.41, 5.74) is 1.27. The standard InChI is InChI=1S/C25H38N6O2/c1-19(2)17-21(26-23(32)18-29(3)4)25-28-27-22-13-14-30(15-16-31(22)25)24(33)12-8-11-20-9-6-5-7-10-20/h5-7,9-10,19,21H,8,11-18H2,1-4H3,(H,26,32). The lowest BCUT2D eigenvalue weighted by Crippen LogP contribution is -2.38. The van der Waals surface area contributed by atoms with Gasteiger partial charge in [0.1, 0.15) is 5.82 Å². The topological polar surface area (TPSA) is 83.4 Å². The first-order chi connectivity index (χ1) is 15.8. The van der Waals surface area contributed by atoms with Crippen molar-refractivity contribution in [1.82, 2.24) is 29.9 Å². The van der Waals surface area contributed by atoms with Gasteiger partial charge in [-0.15, -0.1) is 10.2 Å². The highest BCUT2D eigenvalue weighted by Crippen LogP contribution is 2.22. The number of fused-ring (bicyclic) bond motifs is 1. The van der Waals surface area contributed by atoms with Crippen LogP contribution in [0.25, 0.3) is 0 Å². The molecule has 1 atom stereocenters. The van der Waals surface area contributed by atoms with Crippen molar-refractivity contribution in [2.75, 3.05) is 33.7 Å². The second-order valence-electron chi connectivity index (χ2n) is 9.58. The first kappa shape index (κ1) is 24.9. The Labute approximate surface area is 197 Å². The molecule has 1 N–H and O–H groups in total. The molecule has 3 rings (SSSR count). The van der Waals surface area contributed by atoms with Gasteiger partial charge in [-0.05, 0) is 44.8 Å². The Morgan fingerprint density at radius 2 is 1.85 bits per heavy atom. The highest BCUT2D eigenvalue weighted by molar-refractivity contribution is 5.78. The number of nitrogens with zero attached hydrogens (tertiary/aromatic N) is 5. The van der Waals surface area contributed by atoms with Crippen LogP contribution in [0.1, 0.15) is 56.4 Å². The lowest BCUT2D eigenvalue weighted by molar-refractivity contribution is -0.131. The van der Waals surface area contributed by atoms with Gasteiger partial charge in [-0.2, -0.15) is 0 Å². The van der Waals surface area contributed by atoms with Crippen molar-refractivity contribution in [3.8, 4) is 0 Å². The monoisotopic (exact) mass is 454 g/mol. The lowest BCUT2D eigenvalue weighted by Gasteiger charge is -2.23. The van der Waals surface area contributed by atoms with Crippen molar-refractivity contribution in [1.29, 1.82) is 0 Å². The molecule has 8 heteroatoms. The summed E-state index contributed by atoms with van der Waals surface area (Å²) >= 11 is 0. The van der Waals surface area contributed by atoms with E-state index in [0.29, 0.717) is 44.9 Å². The number of aromatic nitrogens is 3. The lowest BCUT2D eigenvalue weighted by atomic mass is 10.0. The molecule has 0 fully saturated rings. The molecule has 2 amide bonds. The van der Waals surface area contributed by atoms with Gasteiger partial charge in [0.25, 0.3) is 0 Å². The first-order valence-corrected chi connectivity index (χ1v) is 12.0. The molecular weight excluding hydrogens is 416 g/mol. The minimum Gasteiger partial charge on any atom is -0.345 e. The third-order valence-corrected chi connectivity index (χ3v) is 5.92. The fourth-order valence-corrected chi connectivity index (χ4v) is 4.33. The average molecular weight is 455 g/mol. The Bertz CT molecular complexity index is 909. The summed E-state index contributed by atoms with van der Waals surface area (Å²) in [5, 5.41) is 12.0. The summed E-state index contributed by atoms with van der Waals surface area (Å²) in [6, 6.07) is 10.1. The van der Waals surface area contributed by atoms with E-state index < -0.39 is 0 Å². The van der Waals surface area contributed by atoms with E-state index in [1.165, 1.54) is 5.56 Å². The van der Waals surface area contributed by atoms with Crippen LogP contribution in [0.4, 0.5) is 0 Å². The number of nitrogens with one attached hydrogen (secondary N) is 1. The fraction of sp³-hybridized carbons (Fsp3) is 0.600. The van der Waals surface area contributed by atoms with Crippen molar-refractivity contribution in [2.45, 2.75) is 58.5 Å². The van der Waals surface area contributed by atoms with Crippen LogP contribution in [0.2, 0.25) is 0 Å². The molecule has 1 unspecified atom stereocenters. The second kappa shape index (κ2) is 11.9. The smallest absolute Gasteiger partial charge is 0.234 e. The number of aryl methyl sites for hydroxylation is 1. The number of rotatable bonds is 10. The van der Waals surface area contributed by atoms with Crippen LogP contribution in [-0.4, -0.2) is 70.1 Å². The van der Waals surface area contributed by atoms with E-state index >= 15 is 0 Å². The molecule has 8 nitrogen and oxygen atoms in total. The van der Waals surface area contributed by atoms with Gasteiger partial charge in [-0.3, -0.25) is 9.59 Å². The van der Waals surface area contributed by atoms with Crippen molar-refractivity contribution >= 4 is 11.8 Å². The van der Waals surface area contributed by atoms with E-state index in [1.54, 1.807) is 0 Å². The van der Waals surface area contributed by atoms with Crippen molar-refractivity contribution in [2.24, 2.45) is 5.92 Å². The van der Waals surface area contributed by atoms with Crippen LogP contribution in [0.5, 0.6) is 0 Å². The molecule has 0 saturated carbocycles. The van der Waals surface area contributed by atoms with Gasteiger partial charge in [-0.25, -0.2) is 0 Å². The van der Waals surface area contributed by atoms with E-state index in [9.17, 15) is 9.59 Å². The number of hydrogen-bond acceptors (Lipinski definition) is 5. The predicted molar refractivity (Wildman–Crippen MR) is 129 cm³/mol. The number of hydrogen-bond donors (Lipinski definition) is 1. The summed E-state index contributed by atoms with van der Waals surface area (Å²) in [6.07, 6.45) is 3.79. The van der Waals surface area contributed by atoms with Gasteiger partial charge in [0.05, 0.1) is 12.6 Å². The number of carbonyl (C=O) groups is 2. The van der Waals surface area contributed by atoms with Crippen LogP contribution in [0, 0.1) is 5.92 Å². The second-order valence-corrected chi connectivity index (χ2v) is 9.58. The van der Waals surface area contributed by atoms with Crippen molar-refractivity contribution in [3.05, 3.63) is 47.5 Å². The Morgan fingerprint density at radius 3 is 2.55 bits per heavy atom. The van der Waals surface area contributed by atoms with E-state index in [1.807, 2.05) is 42.1 Å². The van der Waals surface area contributed by atoms with Crippen LogP contribution in [-0.2, 0) is 29.0 Å². The van der Waals surface area contributed by atoms with E-state index in [0.717, 1.165) is 30.9 Å². The number of benzene rings is 1. The molecular formula is C25H38N6O2. The summed E-state index contributed by atoms with van der Waals surface area (Å²) in [4.78, 5) is 29.1. The molecule has 1 aliphatic rings. The zero-order chi connectivity index (χ0) is 23.8. The molecule has 2 aromatic rings. The average Bonchev–Trinajstić information content (AvgIpc) is 3.04. The Morgan fingerprint density at radius 1 is 1.09 bits per heavy atom. The maximum Gasteiger partial charge on any atom is 0.234 e. The summed E-state index contributed by atoms with van der Waals surface area (Å²) in [5.74, 6) is 2.26. The van der Waals surface area contributed by atoms with Gasteiger partial charge in [-0.1, -0.05) is 44.2 Å². The summed E-state index contributed by atoms with van der Waals surface area (Å²) in [6.45, 7) is 6.56. The van der Waals surface area contributed by atoms with E-state index in [4.69, 9.17) is 0 Å².